The lowest BCUT2D eigenvalue weighted by molar-refractivity contribution is -0.149. The van der Waals surface area contributed by atoms with E-state index in [0.29, 0.717) is 21.8 Å². The first kappa shape index (κ1) is 27.5. The normalized spacial score (nSPS) is 11.6. The zero-order valence-corrected chi connectivity index (χ0v) is 22.2. The second-order valence-corrected chi connectivity index (χ2v) is 9.62. The van der Waals surface area contributed by atoms with E-state index in [1.54, 1.807) is 81.4 Å². The molecule has 0 radical (unpaired) electrons. The standard InChI is InChI=1S/C27H25Cl3N2O4/c1-15(2)36-27(35)22(32-25(33)23-16(3)6-4-7-19(23)28)14-17-10-12-18(13-11-17)31-26(34)24-20(29)8-5-9-21(24)30/h4-13,15,22H,14H2,1-3H3,(H,31,34)(H,32,33)/t22-/m0/s1. The molecule has 0 saturated carbocycles. The summed E-state index contributed by atoms with van der Waals surface area (Å²) in [6.45, 7) is 5.24. The lowest BCUT2D eigenvalue weighted by Crippen LogP contribution is -2.44. The topological polar surface area (TPSA) is 84.5 Å². The largest absolute Gasteiger partial charge is 0.461 e. The third-order valence-electron chi connectivity index (χ3n) is 5.23. The van der Waals surface area contributed by atoms with Gasteiger partial charge in [-0.1, -0.05) is 65.1 Å². The summed E-state index contributed by atoms with van der Waals surface area (Å²) in [5.41, 5.74) is 2.42. The van der Waals surface area contributed by atoms with E-state index in [2.05, 4.69) is 10.6 Å². The highest BCUT2D eigenvalue weighted by Gasteiger charge is 2.26. The van der Waals surface area contributed by atoms with Crippen LogP contribution in [0.3, 0.4) is 0 Å². The molecule has 3 aromatic rings. The average molecular weight is 548 g/mol. The van der Waals surface area contributed by atoms with Gasteiger partial charge in [0.05, 0.1) is 32.3 Å². The van der Waals surface area contributed by atoms with E-state index in [-0.39, 0.29) is 28.1 Å². The summed E-state index contributed by atoms with van der Waals surface area (Å²) in [7, 11) is 0. The Labute approximate surface area is 224 Å². The Hall–Kier alpha value is -3.06. The molecule has 0 fully saturated rings. The van der Waals surface area contributed by atoms with Gasteiger partial charge in [0.15, 0.2) is 0 Å². The highest BCUT2D eigenvalue weighted by Crippen LogP contribution is 2.25. The predicted molar refractivity (Wildman–Crippen MR) is 143 cm³/mol. The van der Waals surface area contributed by atoms with Crippen LogP contribution in [0, 0.1) is 6.92 Å². The van der Waals surface area contributed by atoms with Gasteiger partial charge in [0.25, 0.3) is 11.8 Å². The van der Waals surface area contributed by atoms with Gasteiger partial charge in [0.2, 0.25) is 0 Å². The van der Waals surface area contributed by atoms with Crippen molar-refractivity contribution in [1.29, 1.82) is 0 Å². The van der Waals surface area contributed by atoms with Crippen molar-refractivity contribution in [3.63, 3.8) is 0 Å². The molecule has 2 amide bonds. The Bertz CT molecular complexity index is 1240. The lowest BCUT2D eigenvalue weighted by Gasteiger charge is -2.20. The van der Waals surface area contributed by atoms with Crippen LogP contribution in [0.15, 0.2) is 60.7 Å². The molecule has 2 N–H and O–H groups in total. The van der Waals surface area contributed by atoms with E-state index < -0.39 is 23.8 Å². The monoisotopic (exact) mass is 546 g/mol. The number of rotatable bonds is 8. The fraction of sp³-hybridized carbons (Fsp3) is 0.222. The summed E-state index contributed by atoms with van der Waals surface area (Å²) in [5, 5.41) is 6.28. The Morgan fingerprint density at radius 3 is 1.92 bits per heavy atom. The minimum atomic E-state index is -0.946. The van der Waals surface area contributed by atoms with Gasteiger partial charge < -0.3 is 15.4 Å². The number of aryl methyl sites for hydroxylation is 1. The maximum absolute atomic E-state index is 13.0. The van der Waals surface area contributed by atoms with Crippen LogP contribution >= 0.6 is 34.8 Å². The number of amides is 2. The average Bonchev–Trinajstić information content (AvgIpc) is 2.79. The summed E-state index contributed by atoms with van der Waals surface area (Å²) < 4.78 is 5.36. The number of nitrogens with one attached hydrogen (secondary N) is 2. The van der Waals surface area contributed by atoms with E-state index in [1.807, 2.05) is 0 Å². The molecule has 0 aliphatic rings. The number of hydrogen-bond donors (Lipinski definition) is 2. The molecule has 36 heavy (non-hydrogen) atoms. The summed E-state index contributed by atoms with van der Waals surface area (Å²) in [6.07, 6.45) is -0.182. The van der Waals surface area contributed by atoms with E-state index in [1.165, 1.54) is 0 Å². The molecule has 0 bridgehead atoms. The van der Waals surface area contributed by atoms with Gasteiger partial charge >= 0.3 is 5.97 Å². The third kappa shape index (κ3) is 7.00. The molecule has 9 heteroatoms. The van der Waals surface area contributed by atoms with E-state index in [4.69, 9.17) is 39.5 Å². The van der Waals surface area contributed by atoms with Crippen molar-refractivity contribution in [3.8, 4) is 0 Å². The van der Waals surface area contributed by atoms with Crippen LogP contribution in [0.4, 0.5) is 5.69 Å². The number of halogens is 3. The molecule has 1 atom stereocenters. The van der Waals surface area contributed by atoms with Crippen molar-refractivity contribution in [2.75, 3.05) is 5.32 Å². The summed E-state index contributed by atoms with van der Waals surface area (Å²) in [6, 6.07) is 15.9. The molecule has 0 aromatic heterocycles. The molecule has 0 aliphatic carbocycles. The van der Waals surface area contributed by atoms with E-state index >= 15 is 0 Å². The van der Waals surface area contributed by atoms with Crippen LogP contribution in [0.5, 0.6) is 0 Å². The van der Waals surface area contributed by atoms with Crippen molar-refractivity contribution < 1.29 is 19.1 Å². The number of benzene rings is 3. The Morgan fingerprint density at radius 1 is 0.806 bits per heavy atom. The second-order valence-electron chi connectivity index (χ2n) is 8.40. The third-order valence-corrected chi connectivity index (χ3v) is 6.18. The zero-order valence-electron chi connectivity index (χ0n) is 19.9. The maximum Gasteiger partial charge on any atom is 0.329 e. The molecule has 0 saturated heterocycles. The molecule has 3 aromatic carbocycles. The van der Waals surface area contributed by atoms with Crippen LogP contribution in [-0.4, -0.2) is 29.9 Å². The Kier molecular flexibility index (Phi) is 9.37. The number of hydrogen-bond acceptors (Lipinski definition) is 4. The minimum Gasteiger partial charge on any atom is -0.461 e. The van der Waals surface area contributed by atoms with Crippen LogP contribution in [0.2, 0.25) is 15.1 Å². The van der Waals surface area contributed by atoms with Gasteiger partial charge in [-0.25, -0.2) is 4.79 Å². The molecule has 3 rings (SSSR count). The van der Waals surface area contributed by atoms with Gasteiger partial charge in [-0.05, 0) is 62.2 Å². The van der Waals surface area contributed by atoms with Gasteiger partial charge in [-0.2, -0.15) is 0 Å². The first-order chi connectivity index (χ1) is 17.1. The first-order valence-electron chi connectivity index (χ1n) is 11.2. The fourth-order valence-corrected chi connectivity index (χ4v) is 4.40. The van der Waals surface area contributed by atoms with Gasteiger partial charge in [0, 0.05) is 12.1 Å². The predicted octanol–water partition coefficient (Wildman–Crippen LogP) is 6.50. The summed E-state index contributed by atoms with van der Waals surface area (Å²) in [5.74, 6) is -1.47. The Balaban J connectivity index is 1.76. The number of carbonyl (C=O) groups is 3. The van der Waals surface area contributed by atoms with E-state index in [9.17, 15) is 14.4 Å². The van der Waals surface area contributed by atoms with Crippen molar-refractivity contribution in [2.24, 2.45) is 0 Å². The van der Waals surface area contributed by atoms with Crippen LogP contribution in [0.1, 0.15) is 45.7 Å². The van der Waals surface area contributed by atoms with Crippen molar-refractivity contribution >= 4 is 58.3 Å². The number of anilines is 1. The molecular weight excluding hydrogens is 523 g/mol. The quantitative estimate of drug-likeness (QED) is 0.315. The smallest absolute Gasteiger partial charge is 0.329 e. The molecule has 0 heterocycles. The van der Waals surface area contributed by atoms with Gasteiger partial charge in [-0.15, -0.1) is 0 Å². The summed E-state index contributed by atoms with van der Waals surface area (Å²) in [4.78, 5) is 38.4. The van der Waals surface area contributed by atoms with Gasteiger partial charge in [0.1, 0.15) is 6.04 Å². The number of ether oxygens (including phenoxy) is 1. The van der Waals surface area contributed by atoms with Crippen LogP contribution < -0.4 is 10.6 Å². The number of esters is 1. The lowest BCUT2D eigenvalue weighted by atomic mass is 10.0. The first-order valence-corrected chi connectivity index (χ1v) is 12.3. The molecule has 0 aliphatic heterocycles. The highest BCUT2D eigenvalue weighted by molar-refractivity contribution is 6.40. The van der Waals surface area contributed by atoms with E-state index in [0.717, 1.165) is 5.56 Å². The van der Waals surface area contributed by atoms with Crippen molar-refractivity contribution in [2.45, 2.75) is 39.3 Å². The molecule has 0 unspecified atom stereocenters. The second kappa shape index (κ2) is 12.3. The molecule has 0 spiro atoms. The number of carbonyl (C=O) groups excluding carboxylic acids is 3. The maximum atomic E-state index is 13.0. The van der Waals surface area contributed by atoms with Crippen molar-refractivity contribution in [3.05, 3.63) is 98.0 Å². The molecular formula is C27H25Cl3N2O4. The van der Waals surface area contributed by atoms with Crippen LogP contribution in [0.25, 0.3) is 0 Å². The van der Waals surface area contributed by atoms with Gasteiger partial charge in [-0.3, -0.25) is 9.59 Å². The molecule has 6 nitrogen and oxygen atoms in total. The Morgan fingerprint density at radius 2 is 1.36 bits per heavy atom. The molecule has 188 valence electrons. The van der Waals surface area contributed by atoms with Crippen LogP contribution in [-0.2, 0) is 16.0 Å². The zero-order chi connectivity index (χ0) is 26.4. The SMILES string of the molecule is Cc1cccc(Cl)c1C(=O)N[C@@H](Cc1ccc(NC(=O)c2c(Cl)cccc2Cl)cc1)C(=O)OC(C)C. The highest BCUT2D eigenvalue weighted by atomic mass is 35.5. The minimum absolute atomic E-state index is 0.172. The fourth-order valence-electron chi connectivity index (χ4n) is 3.53. The van der Waals surface area contributed by atoms with Crippen molar-refractivity contribution in [1.82, 2.24) is 5.32 Å². The summed E-state index contributed by atoms with van der Waals surface area (Å²) >= 11 is 18.5.